The number of benzene rings is 1. The predicted octanol–water partition coefficient (Wildman–Crippen LogP) is 2.75. The zero-order valence-electron chi connectivity index (χ0n) is 12.9. The van der Waals surface area contributed by atoms with Gasteiger partial charge in [0.25, 0.3) is 0 Å². The Hall–Kier alpha value is -1.79. The molecule has 0 spiro atoms. The lowest BCUT2D eigenvalue weighted by Crippen LogP contribution is -2.47. The molecular weight excluding hydrogens is 358 g/mol. The molecule has 122 valence electrons. The molecule has 0 saturated carbocycles. The number of aromatic nitrogens is 1. The molecule has 0 radical (unpaired) electrons. The van der Waals surface area contributed by atoms with E-state index >= 15 is 0 Å². The van der Waals surface area contributed by atoms with Crippen molar-refractivity contribution in [3.05, 3.63) is 47.2 Å². The van der Waals surface area contributed by atoms with E-state index in [4.69, 9.17) is 4.74 Å². The summed E-state index contributed by atoms with van der Waals surface area (Å²) in [6.07, 6.45) is 3.26. The largest absolute Gasteiger partial charge is 0.506 e. The van der Waals surface area contributed by atoms with Gasteiger partial charge in [0.05, 0.1) is 18.1 Å². The highest BCUT2D eigenvalue weighted by Gasteiger charge is 2.17. The second-order valence-corrected chi connectivity index (χ2v) is 6.45. The van der Waals surface area contributed by atoms with Crippen LogP contribution in [0.3, 0.4) is 0 Å². The SMILES string of the molecule is Oc1cncc(N2CCN(CCOc3ccc(Br)cc3)CC2)c1. The molecule has 1 fully saturated rings. The lowest BCUT2D eigenvalue weighted by molar-refractivity contribution is 0.200. The molecule has 2 aromatic rings. The van der Waals surface area contributed by atoms with E-state index in [9.17, 15) is 5.11 Å². The van der Waals surface area contributed by atoms with Gasteiger partial charge in [-0.2, -0.15) is 0 Å². The molecule has 1 aliphatic rings. The summed E-state index contributed by atoms with van der Waals surface area (Å²) in [5, 5.41) is 9.52. The Kier molecular flexibility index (Phi) is 5.35. The molecule has 0 atom stereocenters. The molecule has 1 aromatic carbocycles. The summed E-state index contributed by atoms with van der Waals surface area (Å²) < 4.78 is 6.83. The number of piperazine rings is 1. The number of hydrogen-bond donors (Lipinski definition) is 1. The van der Waals surface area contributed by atoms with Crippen molar-refractivity contribution < 1.29 is 9.84 Å². The third-order valence-electron chi connectivity index (χ3n) is 3.94. The highest BCUT2D eigenvalue weighted by Crippen LogP contribution is 2.20. The van der Waals surface area contributed by atoms with E-state index in [0.717, 1.165) is 48.6 Å². The molecule has 1 aliphatic heterocycles. The van der Waals surface area contributed by atoms with Crippen LogP contribution in [0.5, 0.6) is 11.5 Å². The minimum atomic E-state index is 0.216. The zero-order chi connectivity index (χ0) is 16.1. The number of pyridine rings is 1. The number of hydrogen-bond acceptors (Lipinski definition) is 5. The van der Waals surface area contributed by atoms with Gasteiger partial charge < -0.3 is 14.7 Å². The molecule has 0 unspecified atom stereocenters. The average Bonchev–Trinajstić information content (AvgIpc) is 2.57. The van der Waals surface area contributed by atoms with Gasteiger partial charge in [-0.1, -0.05) is 15.9 Å². The number of halogens is 1. The number of aromatic hydroxyl groups is 1. The first-order valence-electron chi connectivity index (χ1n) is 7.70. The van der Waals surface area contributed by atoms with Gasteiger partial charge in [0, 0.05) is 43.3 Å². The molecule has 1 N–H and O–H groups in total. The van der Waals surface area contributed by atoms with Crippen LogP contribution in [0.1, 0.15) is 0 Å². The van der Waals surface area contributed by atoms with Crippen LogP contribution in [-0.4, -0.2) is 54.3 Å². The topological polar surface area (TPSA) is 48.8 Å². The van der Waals surface area contributed by atoms with Crippen LogP contribution in [0.15, 0.2) is 47.2 Å². The van der Waals surface area contributed by atoms with Gasteiger partial charge in [-0.25, -0.2) is 0 Å². The van der Waals surface area contributed by atoms with Gasteiger partial charge in [-0.05, 0) is 24.3 Å². The second-order valence-electron chi connectivity index (χ2n) is 5.53. The lowest BCUT2D eigenvalue weighted by atomic mass is 10.2. The Balaban J connectivity index is 1.41. The molecular formula is C17H20BrN3O2. The van der Waals surface area contributed by atoms with E-state index in [1.54, 1.807) is 12.3 Å². The fraction of sp³-hybridized carbons (Fsp3) is 0.353. The van der Waals surface area contributed by atoms with Crippen molar-refractivity contribution in [1.82, 2.24) is 9.88 Å². The Morgan fingerprint density at radius 3 is 2.52 bits per heavy atom. The van der Waals surface area contributed by atoms with Crippen molar-refractivity contribution in [3.63, 3.8) is 0 Å². The van der Waals surface area contributed by atoms with Crippen molar-refractivity contribution in [3.8, 4) is 11.5 Å². The maximum atomic E-state index is 9.52. The van der Waals surface area contributed by atoms with Crippen molar-refractivity contribution in [2.24, 2.45) is 0 Å². The lowest BCUT2D eigenvalue weighted by Gasteiger charge is -2.35. The van der Waals surface area contributed by atoms with E-state index in [1.165, 1.54) is 6.20 Å². The first-order chi connectivity index (χ1) is 11.2. The minimum absolute atomic E-state index is 0.216. The first-order valence-corrected chi connectivity index (χ1v) is 8.50. The molecule has 1 saturated heterocycles. The monoisotopic (exact) mass is 377 g/mol. The van der Waals surface area contributed by atoms with Gasteiger partial charge in [-0.3, -0.25) is 9.88 Å². The van der Waals surface area contributed by atoms with Crippen LogP contribution < -0.4 is 9.64 Å². The van der Waals surface area contributed by atoms with Crippen molar-refractivity contribution in [2.45, 2.75) is 0 Å². The van der Waals surface area contributed by atoms with Gasteiger partial charge in [0.1, 0.15) is 18.1 Å². The van der Waals surface area contributed by atoms with E-state index < -0.39 is 0 Å². The summed E-state index contributed by atoms with van der Waals surface area (Å²) in [4.78, 5) is 8.68. The van der Waals surface area contributed by atoms with Crippen LogP contribution in [0.4, 0.5) is 5.69 Å². The Morgan fingerprint density at radius 2 is 1.83 bits per heavy atom. The van der Waals surface area contributed by atoms with E-state index in [2.05, 4.69) is 30.7 Å². The molecule has 3 rings (SSSR count). The quantitative estimate of drug-likeness (QED) is 0.867. The highest BCUT2D eigenvalue weighted by atomic mass is 79.9. The summed E-state index contributed by atoms with van der Waals surface area (Å²) in [6, 6.07) is 9.67. The van der Waals surface area contributed by atoms with Crippen molar-refractivity contribution >= 4 is 21.6 Å². The molecule has 23 heavy (non-hydrogen) atoms. The van der Waals surface area contributed by atoms with E-state index in [0.29, 0.717) is 6.61 Å². The summed E-state index contributed by atoms with van der Waals surface area (Å²) in [6.45, 7) is 5.45. The number of rotatable bonds is 5. The van der Waals surface area contributed by atoms with Crippen LogP contribution in [0.25, 0.3) is 0 Å². The summed E-state index contributed by atoms with van der Waals surface area (Å²) in [7, 11) is 0. The molecule has 5 nitrogen and oxygen atoms in total. The fourth-order valence-electron chi connectivity index (χ4n) is 2.64. The highest BCUT2D eigenvalue weighted by molar-refractivity contribution is 9.10. The maximum Gasteiger partial charge on any atom is 0.135 e. The molecule has 6 heteroatoms. The van der Waals surface area contributed by atoms with Crippen LogP contribution in [0, 0.1) is 0 Å². The molecule has 2 heterocycles. The predicted molar refractivity (Wildman–Crippen MR) is 94.2 cm³/mol. The van der Waals surface area contributed by atoms with Gasteiger partial charge in [0.2, 0.25) is 0 Å². The normalized spacial score (nSPS) is 15.6. The minimum Gasteiger partial charge on any atom is -0.506 e. The number of ether oxygens (including phenoxy) is 1. The van der Waals surface area contributed by atoms with Crippen LogP contribution >= 0.6 is 15.9 Å². The standard InChI is InChI=1S/C17H20BrN3O2/c18-14-1-3-17(4-2-14)23-10-9-20-5-7-21(8-6-20)15-11-16(22)13-19-12-15/h1-4,11-13,22H,5-10H2. The Labute approximate surface area is 144 Å². The van der Waals surface area contributed by atoms with Crippen molar-refractivity contribution in [1.29, 1.82) is 0 Å². The van der Waals surface area contributed by atoms with Crippen LogP contribution in [0.2, 0.25) is 0 Å². The second kappa shape index (κ2) is 7.66. The Bertz CT molecular complexity index is 628. The number of nitrogens with zero attached hydrogens (tertiary/aromatic N) is 3. The van der Waals surface area contributed by atoms with Crippen molar-refractivity contribution in [2.75, 3.05) is 44.2 Å². The van der Waals surface area contributed by atoms with Gasteiger partial charge >= 0.3 is 0 Å². The first kappa shape index (κ1) is 16.1. The third kappa shape index (κ3) is 4.59. The smallest absolute Gasteiger partial charge is 0.135 e. The summed E-state index contributed by atoms with van der Waals surface area (Å²) in [5.74, 6) is 1.12. The molecule has 0 aliphatic carbocycles. The molecule has 0 bridgehead atoms. The molecule has 0 amide bonds. The zero-order valence-corrected chi connectivity index (χ0v) is 14.4. The van der Waals surface area contributed by atoms with E-state index in [-0.39, 0.29) is 5.75 Å². The number of anilines is 1. The van der Waals surface area contributed by atoms with Gasteiger partial charge in [-0.15, -0.1) is 0 Å². The van der Waals surface area contributed by atoms with Crippen LogP contribution in [-0.2, 0) is 0 Å². The van der Waals surface area contributed by atoms with Gasteiger partial charge in [0.15, 0.2) is 0 Å². The molecule has 1 aromatic heterocycles. The average molecular weight is 378 g/mol. The maximum absolute atomic E-state index is 9.52. The fourth-order valence-corrected chi connectivity index (χ4v) is 2.91. The third-order valence-corrected chi connectivity index (χ3v) is 4.47. The summed E-state index contributed by atoms with van der Waals surface area (Å²) in [5.41, 5.74) is 0.982. The Morgan fingerprint density at radius 1 is 1.09 bits per heavy atom. The van der Waals surface area contributed by atoms with E-state index in [1.807, 2.05) is 24.3 Å². The summed E-state index contributed by atoms with van der Waals surface area (Å²) >= 11 is 3.42.